The molecule has 0 aromatic heterocycles. The minimum absolute atomic E-state index is 0.0455. The van der Waals surface area contributed by atoms with E-state index in [2.05, 4.69) is 5.32 Å². The Morgan fingerprint density at radius 1 is 0.891 bits per heavy atom. The Balaban J connectivity index is 1.82. The zero-order chi connectivity index (χ0) is 33.3. The van der Waals surface area contributed by atoms with E-state index in [1.165, 1.54) is 41.3 Å². The van der Waals surface area contributed by atoms with Crippen LogP contribution >= 0.6 is 11.6 Å². The van der Waals surface area contributed by atoms with Gasteiger partial charge in [-0.1, -0.05) is 85.3 Å². The Morgan fingerprint density at radius 2 is 1.48 bits per heavy atom. The maximum Gasteiger partial charge on any atom is 0.269 e. The first-order chi connectivity index (χ1) is 22.0. The molecule has 240 valence electrons. The molecule has 0 aliphatic heterocycles. The van der Waals surface area contributed by atoms with Gasteiger partial charge in [0, 0.05) is 36.2 Å². The summed E-state index contributed by atoms with van der Waals surface area (Å²) in [4.78, 5) is 40.4. The first-order valence-corrected chi connectivity index (χ1v) is 16.5. The summed E-state index contributed by atoms with van der Waals surface area (Å²) in [5, 5.41) is 14.7. The van der Waals surface area contributed by atoms with Gasteiger partial charge in [0.05, 0.1) is 15.5 Å². The first kappa shape index (κ1) is 34.1. The summed E-state index contributed by atoms with van der Waals surface area (Å²) >= 11 is 6.52. The number of halogens is 1. The molecule has 2 amide bonds. The summed E-state index contributed by atoms with van der Waals surface area (Å²) in [5.41, 5.74) is 1.17. The third-order valence-electron chi connectivity index (χ3n) is 7.53. The average Bonchev–Trinajstić information content (AvgIpc) is 3.06. The topological polar surface area (TPSA) is 130 Å². The van der Waals surface area contributed by atoms with E-state index in [4.69, 9.17) is 11.6 Å². The van der Waals surface area contributed by atoms with E-state index in [1.807, 2.05) is 44.2 Å². The summed E-state index contributed by atoms with van der Waals surface area (Å²) in [6.07, 6.45) is 0.813. The summed E-state index contributed by atoms with van der Waals surface area (Å²) in [6, 6.07) is 27.4. The number of sulfonamides is 1. The number of nitrogens with zero attached hydrogens (tertiary/aromatic N) is 3. The van der Waals surface area contributed by atoms with Crippen molar-refractivity contribution in [3.05, 3.63) is 135 Å². The predicted octanol–water partition coefficient (Wildman–Crippen LogP) is 6.00. The molecule has 46 heavy (non-hydrogen) atoms. The van der Waals surface area contributed by atoms with Crippen LogP contribution < -0.4 is 9.62 Å². The molecule has 2 atom stereocenters. The van der Waals surface area contributed by atoms with Gasteiger partial charge >= 0.3 is 0 Å². The molecule has 0 heterocycles. The second-order valence-corrected chi connectivity index (χ2v) is 13.0. The number of benzene rings is 4. The van der Waals surface area contributed by atoms with E-state index in [-0.39, 0.29) is 35.3 Å². The van der Waals surface area contributed by atoms with Crippen LogP contribution in [-0.2, 0) is 32.6 Å². The number of nitro groups is 1. The Bertz CT molecular complexity index is 1760. The largest absolute Gasteiger partial charge is 0.352 e. The highest BCUT2D eigenvalue weighted by Crippen LogP contribution is 2.27. The number of hydrogen-bond acceptors (Lipinski definition) is 6. The van der Waals surface area contributed by atoms with Crippen molar-refractivity contribution in [3.8, 4) is 0 Å². The molecule has 0 fully saturated rings. The molecule has 0 aliphatic rings. The molecular formula is C34H35ClN4O6S. The molecule has 0 saturated carbocycles. The van der Waals surface area contributed by atoms with Gasteiger partial charge in [0.1, 0.15) is 12.6 Å². The number of nitrogens with one attached hydrogen (secondary N) is 1. The van der Waals surface area contributed by atoms with E-state index in [0.29, 0.717) is 17.0 Å². The van der Waals surface area contributed by atoms with Gasteiger partial charge in [-0.25, -0.2) is 8.42 Å². The number of nitro benzene ring substituents is 1. The lowest BCUT2D eigenvalue weighted by atomic mass is 10.0. The van der Waals surface area contributed by atoms with Crippen LogP contribution in [0.4, 0.5) is 11.4 Å². The fourth-order valence-electron chi connectivity index (χ4n) is 4.79. The minimum Gasteiger partial charge on any atom is -0.352 e. The Kier molecular flexibility index (Phi) is 11.5. The highest BCUT2D eigenvalue weighted by atomic mass is 35.5. The van der Waals surface area contributed by atoms with Crippen molar-refractivity contribution in [2.75, 3.05) is 10.8 Å². The van der Waals surface area contributed by atoms with Crippen LogP contribution in [0.1, 0.15) is 31.4 Å². The molecule has 0 saturated heterocycles. The second kappa shape index (κ2) is 15.5. The SMILES string of the molecule is CC[C@H](C)NC(=O)[C@H](Cc1ccccc1)N(Cc1ccccc1Cl)C(=O)CN(c1ccc([N+](=O)[O-])cc1)S(=O)(=O)c1ccccc1. The molecule has 0 bridgehead atoms. The summed E-state index contributed by atoms with van der Waals surface area (Å²) in [5.74, 6) is -1.07. The Labute approximate surface area is 273 Å². The lowest BCUT2D eigenvalue weighted by molar-refractivity contribution is -0.384. The number of anilines is 1. The smallest absolute Gasteiger partial charge is 0.269 e. The molecule has 0 unspecified atom stereocenters. The number of hydrogen-bond donors (Lipinski definition) is 1. The van der Waals surface area contributed by atoms with E-state index in [1.54, 1.807) is 42.5 Å². The summed E-state index contributed by atoms with van der Waals surface area (Å²) < 4.78 is 28.9. The fraction of sp³-hybridized carbons (Fsp3) is 0.235. The van der Waals surface area contributed by atoms with Crippen LogP contribution in [0.2, 0.25) is 5.02 Å². The third-order valence-corrected chi connectivity index (χ3v) is 9.69. The number of carbonyl (C=O) groups is 2. The lowest BCUT2D eigenvalue weighted by Gasteiger charge is -2.34. The maximum atomic E-state index is 14.5. The van der Waals surface area contributed by atoms with Crippen molar-refractivity contribution in [1.29, 1.82) is 0 Å². The van der Waals surface area contributed by atoms with Gasteiger partial charge in [-0.15, -0.1) is 0 Å². The van der Waals surface area contributed by atoms with Crippen LogP contribution in [0.3, 0.4) is 0 Å². The standard InChI is InChI=1S/C34H35ClN4O6S/c1-3-25(2)36-34(41)32(22-26-12-6-4-7-13-26)37(23-27-14-10-11-17-31(27)35)33(40)24-38(28-18-20-29(21-19-28)39(42)43)46(44,45)30-15-8-5-9-16-30/h4-21,25,32H,3,22-24H2,1-2H3,(H,36,41)/t25-,32-/m0/s1. The van der Waals surface area contributed by atoms with Crippen molar-refractivity contribution in [3.63, 3.8) is 0 Å². The quantitative estimate of drug-likeness (QED) is 0.130. The van der Waals surface area contributed by atoms with Gasteiger partial charge in [-0.2, -0.15) is 0 Å². The van der Waals surface area contributed by atoms with Crippen molar-refractivity contribution >= 4 is 44.8 Å². The van der Waals surface area contributed by atoms with Gasteiger partial charge < -0.3 is 10.2 Å². The zero-order valence-corrected chi connectivity index (χ0v) is 27.0. The van der Waals surface area contributed by atoms with Crippen LogP contribution in [0.5, 0.6) is 0 Å². The van der Waals surface area contributed by atoms with E-state index in [9.17, 15) is 28.1 Å². The van der Waals surface area contributed by atoms with Crippen molar-refractivity contribution in [1.82, 2.24) is 10.2 Å². The summed E-state index contributed by atoms with van der Waals surface area (Å²) in [6.45, 7) is 3.02. The van der Waals surface area contributed by atoms with E-state index < -0.39 is 39.3 Å². The van der Waals surface area contributed by atoms with E-state index in [0.717, 1.165) is 9.87 Å². The van der Waals surface area contributed by atoms with Gasteiger partial charge in [-0.05, 0) is 54.8 Å². The molecule has 4 rings (SSSR count). The molecule has 4 aromatic rings. The van der Waals surface area contributed by atoms with E-state index >= 15 is 0 Å². The highest BCUT2D eigenvalue weighted by Gasteiger charge is 2.35. The number of amides is 2. The zero-order valence-electron chi connectivity index (χ0n) is 25.5. The maximum absolute atomic E-state index is 14.5. The molecule has 10 nitrogen and oxygen atoms in total. The van der Waals surface area contributed by atoms with Gasteiger partial charge in [-0.3, -0.25) is 24.0 Å². The normalized spacial score (nSPS) is 12.5. The van der Waals surface area contributed by atoms with Gasteiger partial charge in [0.15, 0.2) is 0 Å². The van der Waals surface area contributed by atoms with Crippen LogP contribution in [0, 0.1) is 10.1 Å². The monoisotopic (exact) mass is 662 g/mol. The highest BCUT2D eigenvalue weighted by molar-refractivity contribution is 7.92. The summed E-state index contributed by atoms with van der Waals surface area (Å²) in [7, 11) is -4.34. The van der Waals surface area contributed by atoms with Crippen molar-refractivity contribution in [2.24, 2.45) is 0 Å². The molecule has 0 spiro atoms. The molecule has 12 heteroatoms. The Hall–Kier alpha value is -4.74. The number of rotatable bonds is 14. The van der Waals surface area contributed by atoms with Gasteiger partial charge in [0.2, 0.25) is 11.8 Å². The molecule has 4 aromatic carbocycles. The fourth-order valence-corrected chi connectivity index (χ4v) is 6.42. The average molecular weight is 663 g/mol. The lowest BCUT2D eigenvalue weighted by Crippen LogP contribution is -2.54. The molecule has 0 aliphatic carbocycles. The van der Waals surface area contributed by atoms with Gasteiger partial charge in [0.25, 0.3) is 15.7 Å². The van der Waals surface area contributed by atoms with Crippen LogP contribution in [-0.4, -0.2) is 48.7 Å². The van der Waals surface area contributed by atoms with Crippen LogP contribution in [0.25, 0.3) is 0 Å². The molecule has 0 radical (unpaired) electrons. The van der Waals surface area contributed by atoms with Crippen molar-refractivity contribution in [2.45, 2.75) is 50.2 Å². The predicted molar refractivity (Wildman–Crippen MR) is 178 cm³/mol. The number of non-ortho nitro benzene ring substituents is 1. The number of carbonyl (C=O) groups excluding carboxylic acids is 2. The third kappa shape index (κ3) is 8.49. The second-order valence-electron chi connectivity index (χ2n) is 10.7. The minimum atomic E-state index is -4.34. The first-order valence-electron chi connectivity index (χ1n) is 14.7. The molecular weight excluding hydrogens is 628 g/mol. The van der Waals surface area contributed by atoms with Crippen LogP contribution in [0.15, 0.2) is 114 Å². The molecule has 1 N–H and O–H groups in total. The van der Waals surface area contributed by atoms with Crippen molar-refractivity contribution < 1.29 is 22.9 Å². The Morgan fingerprint density at radius 3 is 2.07 bits per heavy atom.